The third-order valence-electron chi connectivity index (χ3n) is 6.23. The number of hydrogen-bond donors (Lipinski definition) is 0. The van der Waals surface area contributed by atoms with Crippen molar-refractivity contribution >= 4 is 11.6 Å². The first-order valence-electron chi connectivity index (χ1n) is 10.1. The molecule has 0 fully saturated rings. The second kappa shape index (κ2) is 6.29. The van der Waals surface area contributed by atoms with Crippen molar-refractivity contribution in [2.24, 2.45) is 0 Å². The number of carbonyl (C=O) groups excluding carboxylic acids is 1. The van der Waals surface area contributed by atoms with E-state index >= 15 is 0 Å². The zero-order valence-corrected chi connectivity index (χ0v) is 15.8. The molecule has 0 radical (unpaired) electrons. The maximum atomic E-state index is 13.2. The average Bonchev–Trinajstić information content (AvgIpc) is 3.28. The summed E-state index contributed by atoms with van der Waals surface area (Å²) in [6.07, 6.45) is 4.75. The van der Waals surface area contributed by atoms with Gasteiger partial charge in [-0.25, -0.2) is 0 Å². The Hall–Kier alpha value is -2.49. The molecule has 1 spiro atoms. The third-order valence-corrected chi connectivity index (χ3v) is 6.23. The maximum Gasteiger partial charge on any atom is 0.228 e. The van der Waals surface area contributed by atoms with Crippen LogP contribution in [0.2, 0.25) is 0 Å². The average molecular weight is 363 g/mol. The Labute approximate surface area is 160 Å². The number of amides is 1. The lowest BCUT2D eigenvalue weighted by molar-refractivity contribution is -0.120. The number of para-hydroxylation sites is 1. The number of fused-ring (bicyclic) bond motifs is 5. The van der Waals surface area contributed by atoms with Crippen LogP contribution in [0.1, 0.15) is 49.3 Å². The molecular formula is C23H25NO3. The molecule has 1 unspecified atom stereocenters. The van der Waals surface area contributed by atoms with Gasteiger partial charge in [-0.1, -0.05) is 38.0 Å². The van der Waals surface area contributed by atoms with Gasteiger partial charge in [-0.2, -0.15) is 0 Å². The quantitative estimate of drug-likeness (QED) is 0.763. The van der Waals surface area contributed by atoms with Crippen LogP contribution >= 0.6 is 0 Å². The van der Waals surface area contributed by atoms with Crippen LogP contribution in [-0.4, -0.2) is 25.7 Å². The lowest BCUT2D eigenvalue weighted by Crippen LogP contribution is -2.46. The van der Waals surface area contributed by atoms with Crippen LogP contribution in [0, 0.1) is 0 Å². The molecule has 1 atom stereocenters. The highest BCUT2D eigenvalue weighted by molar-refractivity contribution is 5.99. The van der Waals surface area contributed by atoms with Crippen molar-refractivity contribution in [3.05, 3.63) is 53.1 Å². The Morgan fingerprint density at radius 3 is 2.85 bits per heavy atom. The molecular weight excluding hydrogens is 338 g/mol. The van der Waals surface area contributed by atoms with Crippen molar-refractivity contribution in [2.45, 2.75) is 44.4 Å². The molecule has 2 aromatic carbocycles. The lowest BCUT2D eigenvalue weighted by atomic mass is 9.70. The fourth-order valence-electron chi connectivity index (χ4n) is 4.81. The summed E-state index contributed by atoms with van der Waals surface area (Å²) in [5.41, 5.74) is 4.29. The Kier molecular flexibility index (Phi) is 3.88. The summed E-state index contributed by atoms with van der Waals surface area (Å²) in [7, 11) is 0. The van der Waals surface area contributed by atoms with Gasteiger partial charge < -0.3 is 14.4 Å². The second-order valence-electron chi connectivity index (χ2n) is 7.87. The van der Waals surface area contributed by atoms with Gasteiger partial charge in [0.15, 0.2) is 0 Å². The summed E-state index contributed by atoms with van der Waals surface area (Å²) in [4.78, 5) is 15.2. The Morgan fingerprint density at radius 1 is 1.07 bits per heavy atom. The minimum atomic E-state index is -0.373. The van der Waals surface area contributed by atoms with Crippen LogP contribution in [0.15, 0.2) is 36.4 Å². The van der Waals surface area contributed by atoms with Crippen molar-refractivity contribution in [1.82, 2.24) is 0 Å². The van der Waals surface area contributed by atoms with E-state index in [4.69, 9.17) is 9.47 Å². The van der Waals surface area contributed by atoms with Crippen LogP contribution < -0.4 is 14.4 Å². The third kappa shape index (κ3) is 2.46. The number of hydrogen-bond acceptors (Lipinski definition) is 3. The highest BCUT2D eigenvalue weighted by atomic mass is 16.5. The van der Waals surface area contributed by atoms with Crippen molar-refractivity contribution in [1.29, 1.82) is 0 Å². The van der Waals surface area contributed by atoms with Gasteiger partial charge in [-0.15, -0.1) is 0 Å². The van der Waals surface area contributed by atoms with Gasteiger partial charge in [-0.05, 0) is 29.7 Å². The molecule has 1 amide bonds. The first-order chi connectivity index (χ1) is 13.2. The molecule has 0 aromatic heterocycles. The van der Waals surface area contributed by atoms with Crippen LogP contribution in [0.3, 0.4) is 0 Å². The van der Waals surface area contributed by atoms with Gasteiger partial charge in [0.05, 0.1) is 12.0 Å². The molecule has 3 aliphatic rings. The Balaban J connectivity index is 1.61. The number of ether oxygens (including phenoxy) is 2. The van der Waals surface area contributed by atoms with Gasteiger partial charge >= 0.3 is 0 Å². The highest BCUT2D eigenvalue weighted by Crippen LogP contribution is 2.53. The molecule has 140 valence electrons. The van der Waals surface area contributed by atoms with E-state index in [9.17, 15) is 4.79 Å². The van der Waals surface area contributed by atoms with Crippen molar-refractivity contribution < 1.29 is 14.3 Å². The number of benzene rings is 2. The highest BCUT2D eigenvalue weighted by Gasteiger charge is 2.50. The van der Waals surface area contributed by atoms with Crippen molar-refractivity contribution in [3.63, 3.8) is 0 Å². The number of rotatable bonds is 4. The normalized spacial score (nSPS) is 22.3. The summed E-state index contributed by atoms with van der Waals surface area (Å²) in [5.74, 6) is 2.01. The van der Waals surface area contributed by atoms with Gasteiger partial charge in [-0.3, -0.25) is 4.79 Å². The molecule has 4 nitrogen and oxygen atoms in total. The molecule has 3 aliphatic heterocycles. The van der Waals surface area contributed by atoms with Crippen molar-refractivity contribution in [2.75, 3.05) is 24.7 Å². The first kappa shape index (κ1) is 16.7. The summed E-state index contributed by atoms with van der Waals surface area (Å²) in [6.45, 7) is 4.24. The molecule has 0 aliphatic carbocycles. The predicted octanol–water partition coefficient (Wildman–Crippen LogP) is 4.23. The van der Waals surface area contributed by atoms with E-state index in [1.807, 2.05) is 17.0 Å². The Morgan fingerprint density at radius 2 is 1.96 bits per heavy atom. The largest absolute Gasteiger partial charge is 0.493 e. The molecule has 27 heavy (non-hydrogen) atoms. The molecule has 2 aromatic rings. The summed E-state index contributed by atoms with van der Waals surface area (Å²) < 4.78 is 11.8. The number of anilines is 1. The molecule has 0 saturated heterocycles. The van der Waals surface area contributed by atoms with E-state index in [1.165, 1.54) is 11.1 Å². The van der Waals surface area contributed by atoms with Gasteiger partial charge in [0.2, 0.25) is 5.91 Å². The van der Waals surface area contributed by atoms with Crippen LogP contribution in [0.4, 0.5) is 5.69 Å². The number of carbonyl (C=O) groups is 1. The summed E-state index contributed by atoms with van der Waals surface area (Å²) in [6, 6.07) is 12.6. The van der Waals surface area contributed by atoms with Gasteiger partial charge in [0.1, 0.15) is 18.1 Å². The van der Waals surface area contributed by atoms with Crippen LogP contribution in [0.25, 0.3) is 0 Å². The summed E-state index contributed by atoms with van der Waals surface area (Å²) >= 11 is 0. The summed E-state index contributed by atoms with van der Waals surface area (Å²) in [5, 5.41) is 0. The van der Waals surface area contributed by atoms with E-state index in [0.717, 1.165) is 61.6 Å². The van der Waals surface area contributed by atoms with Gasteiger partial charge in [0, 0.05) is 36.7 Å². The molecule has 0 N–H and O–H groups in total. The lowest BCUT2D eigenvalue weighted by Gasteiger charge is -2.40. The number of unbranched alkanes of at least 4 members (excludes halogenated alkanes) is 2. The maximum absolute atomic E-state index is 13.2. The fourth-order valence-corrected chi connectivity index (χ4v) is 4.81. The first-order valence-corrected chi connectivity index (χ1v) is 10.1. The molecule has 3 heterocycles. The monoisotopic (exact) mass is 363 g/mol. The van der Waals surface area contributed by atoms with E-state index in [1.54, 1.807) is 0 Å². The van der Waals surface area contributed by atoms with E-state index in [2.05, 4.69) is 31.2 Å². The minimum Gasteiger partial charge on any atom is -0.493 e. The second-order valence-corrected chi connectivity index (χ2v) is 7.87. The van der Waals surface area contributed by atoms with E-state index in [0.29, 0.717) is 13.0 Å². The van der Waals surface area contributed by atoms with Crippen LogP contribution in [0.5, 0.6) is 11.5 Å². The zero-order valence-electron chi connectivity index (χ0n) is 15.8. The van der Waals surface area contributed by atoms with Crippen LogP contribution in [-0.2, 0) is 16.6 Å². The SMILES string of the molecule is CCCCCN1C(=O)CC2(COc3cc4c(cc32)CCO4)c2ccccc21. The van der Waals surface area contributed by atoms with Crippen molar-refractivity contribution in [3.8, 4) is 11.5 Å². The van der Waals surface area contributed by atoms with E-state index < -0.39 is 0 Å². The smallest absolute Gasteiger partial charge is 0.228 e. The minimum absolute atomic E-state index is 0.206. The topological polar surface area (TPSA) is 38.8 Å². The zero-order chi connectivity index (χ0) is 18.4. The van der Waals surface area contributed by atoms with E-state index in [-0.39, 0.29) is 11.3 Å². The predicted molar refractivity (Wildman–Crippen MR) is 105 cm³/mol. The van der Waals surface area contributed by atoms with Gasteiger partial charge in [0.25, 0.3) is 0 Å². The fraction of sp³-hybridized carbons (Fsp3) is 0.435. The standard InChI is InChI=1S/C23H25NO3/c1-2-3-6-10-24-19-8-5-4-7-17(19)23(14-22(24)25)15-27-21-13-20-16(9-11-26-20)12-18(21)23/h4-5,7-8,12-13H,2-3,6,9-11,14-15H2,1H3. The molecule has 0 bridgehead atoms. The molecule has 5 rings (SSSR count). The number of nitrogens with zero attached hydrogens (tertiary/aromatic N) is 1. The Bertz CT molecular complexity index is 906. The molecule has 4 heteroatoms. The molecule has 0 saturated carbocycles.